The molecule has 1 saturated heterocycles. The maximum absolute atomic E-state index is 4.85. The molecular weight excluding hydrogens is 152 g/mol. The number of benzene rings is 1. The fourth-order valence-corrected chi connectivity index (χ4v) is 1.27. The molecule has 2 heteroatoms. The van der Waals surface area contributed by atoms with Gasteiger partial charge in [0.05, 0.1) is 0 Å². The van der Waals surface area contributed by atoms with Crippen molar-refractivity contribution in [3.63, 3.8) is 0 Å². The largest absolute Gasteiger partial charge is 0.233 e. The van der Waals surface area contributed by atoms with Crippen LogP contribution in [0.5, 0.6) is 0 Å². The van der Waals surface area contributed by atoms with Gasteiger partial charge in [-0.1, -0.05) is 30.3 Å². The summed E-state index contributed by atoms with van der Waals surface area (Å²) in [4.78, 5) is 9.48. The van der Waals surface area contributed by atoms with E-state index in [-0.39, 0.29) is 0 Å². The third-order valence-corrected chi connectivity index (χ3v) is 2.06. The average Bonchev–Trinajstić information content (AvgIpc) is 2.04. The Morgan fingerprint density at radius 3 is 2.58 bits per heavy atom. The number of hydrogen-bond donors (Lipinski definition) is 0. The van der Waals surface area contributed by atoms with E-state index in [1.807, 2.05) is 6.07 Å². The standard InChI is InChI=1S/C10H12O2/c1-2-4-9(5-3-1)6-7-10-8-11-12-10/h1-5,10H,6-8H2. The third-order valence-electron chi connectivity index (χ3n) is 2.06. The summed E-state index contributed by atoms with van der Waals surface area (Å²) in [7, 11) is 0. The Morgan fingerprint density at radius 2 is 2.00 bits per heavy atom. The summed E-state index contributed by atoms with van der Waals surface area (Å²) in [6.07, 6.45) is 2.46. The van der Waals surface area contributed by atoms with Gasteiger partial charge in [0.15, 0.2) is 0 Å². The van der Waals surface area contributed by atoms with Gasteiger partial charge in [-0.15, -0.1) is 0 Å². The highest BCUT2D eigenvalue weighted by molar-refractivity contribution is 5.14. The van der Waals surface area contributed by atoms with Crippen LogP contribution in [0, 0.1) is 0 Å². The summed E-state index contributed by atoms with van der Waals surface area (Å²) in [5.41, 5.74) is 1.37. The van der Waals surface area contributed by atoms with Crippen LogP contribution in [0.25, 0.3) is 0 Å². The first-order valence-corrected chi connectivity index (χ1v) is 4.27. The van der Waals surface area contributed by atoms with Gasteiger partial charge in [-0.2, -0.15) is 0 Å². The third kappa shape index (κ3) is 1.84. The minimum Gasteiger partial charge on any atom is -0.233 e. The zero-order chi connectivity index (χ0) is 8.23. The zero-order valence-corrected chi connectivity index (χ0v) is 6.90. The molecule has 2 nitrogen and oxygen atoms in total. The molecule has 0 aliphatic carbocycles. The molecule has 1 aliphatic rings. The van der Waals surface area contributed by atoms with E-state index < -0.39 is 0 Å². The number of hydrogen-bond acceptors (Lipinski definition) is 2. The van der Waals surface area contributed by atoms with Crippen LogP contribution in [0.1, 0.15) is 12.0 Å². The van der Waals surface area contributed by atoms with Crippen LogP contribution in [0.3, 0.4) is 0 Å². The summed E-state index contributed by atoms with van der Waals surface area (Å²) >= 11 is 0. The Balaban J connectivity index is 1.79. The molecule has 12 heavy (non-hydrogen) atoms. The predicted octanol–water partition coefficient (Wildman–Crippen LogP) is 1.95. The van der Waals surface area contributed by atoms with Crippen molar-refractivity contribution in [2.24, 2.45) is 0 Å². The second-order valence-corrected chi connectivity index (χ2v) is 3.03. The summed E-state index contributed by atoms with van der Waals surface area (Å²) in [6, 6.07) is 10.4. The van der Waals surface area contributed by atoms with Crippen LogP contribution in [0.15, 0.2) is 30.3 Å². The molecule has 64 valence electrons. The molecule has 1 aromatic rings. The van der Waals surface area contributed by atoms with Gasteiger partial charge < -0.3 is 0 Å². The van der Waals surface area contributed by atoms with Crippen LogP contribution in [-0.2, 0) is 16.2 Å². The van der Waals surface area contributed by atoms with E-state index >= 15 is 0 Å². The summed E-state index contributed by atoms with van der Waals surface area (Å²) < 4.78 is 0. The monoisotopic (exact) mass is 164 g/mol. The summed E-state index contributed by atoms with van der Waals surface area (Å²) in [5.74, 6) is 0. The quantitative estimate of drug-likeness (QED) is 0.636. The molecule has 2 rings (SSSR count). The minimum atomic E-state index is 0.324. The second-order valence-electron chi connectivity index (χ2n) is 3.03. The second kappa shape index (κ2) is 3.70. The van der Waals surface area contributed by atoms with Gasteiger partial charge in [0, 0.05) is 0 Å². The molecule has 0 bridgehead atoms. The zero-order valence-electron chi connectivity index (χ0n) is 6.90. The van der Waals surface area contributed by atoms with E-state index in [2.05, 4.69) is 29.2 Å². The summed E-state index contributed by atoms with van der Waals surface area (Å²) in [5, 5.41) is 0. The summed E-state index contributed by atoms with van der Waals surface area (Å²) in [6.45, 7) is 0.757. The van der Waals surface area contributed by atoms with Gasteiger partial charge in [-0.25, -0.2) is 9.78 Å². The Bertz CT molecular complexity index is 229. The molecule has 0 radical (unpaired) electrons. The van der Waals surface area contributed by atoms with Crippen LogP contribution in [0.2, 0.25) is 0 Å². The van der Waals surface area contributed by atoms with Crippen molar-refractivity contribution in [3.8, 4) is 0 Å². The molecule has 0 spiro atoms. The maximum Gasteiger partial charge on any atom is 0.120 e. The fraction of sp³-hybridized carbons (Fsp3) is 0.400. The first-order chi connectivity index (χ1) is 5.95. The normalized spacial score (nSPS) is 21.8. The van der Waals surface area contributed by atoms with E-state index in [0.717, 1.165) is 19.4 Å². The highest BCUT2D eigenvalue weighted by atomic mass is 17.2. The van der Waals surface area contributed by atoms with E-state index in [4.69, 9.17) is 4.89 Å². The number of aryl methyl sites for hydroxylation is 1. The van der Waals surface area contributed by atoms with Crippen LogP contribution in [-0.4, -0.2) is 12.7 Å². The minimum absolute atomic E-state index is 0.324. The lowest BCUT2D eigenvalue weighted by molar-refractivity contribution is -0.425. The molecule has 1 aliphatic heterocycles. The Labute approximate surface area is 72.0 Å². The number of rotatable bonds is 3. The lowest BCUT2D eigenvalue weighted by Gasteiger charge is -2.24. The SMILES string of the molecule is c1ccc(CCC2COO2)cc1. The van der Waals surface area contributed by atoms with Gasteiger partial charge in [0.1, 0.15) is 12.7 Å². The molecule has 1 heterocycles. The van der Waals surface area contributed by atoms with E-state index in [0.29, 0.717) is 6.10 Å². The van der Waals surface area contributed by atoms with Gasteiger partial charge in [0.2, 0.25) is 0 Å². The molecule has 0 N–H and O–H groups in total. The first kappa shape index (κ1) is 7.77. The van der Waals surface area contributed by atoms with Crippen LogP contribution in [0.4, 0.5) is 0 Å². The Hall–Kier alpha value is -0.860. The smallest absolute Gasteiger partial charge is 0.120 e. The van der Waals surface area contributed by atoms with Crippen molar-refractivity contribution >= 4 is 0 Å². The Morgan fingerprint density at radius 1 is 1.25 bits per heavy atom. The van der Waals surface area contributed by atoms with Crippen molar-refractivity contribution in [1.82, 2.24) is 0 Å². The highest BCUT2D eigenvalue weighted by Gasteiger charge is 2.19. The molecule has 1 atom stereocenters. The average molecular weight is 164 g/mol. The van der Waals surface area contributed by atoms with Crippen molar-refractivity contribution in [2.75, 3.05) is 6.61 Å². The highest BCUT2D eigenvalue weighted by Crippen LogP contribution is 2.13. The lowest BCUT2D eigenvalue weighted by atomic mass is 10.1. The van der Waals surface area contributed by atoms with Crippen molar-refractivity contribution in [1.29, 1.82) is 0 Å². The molecular formula is C10H12O2. The van der Waals surface area contributed by atoms with Crippen molar-refractivity contribution in [2.45, 2.75) is 18.9 Å². The predicted molar refractivity (Wildman–Crippen MR) is 45.6 cm³/mol. The van der Waals surface area contributed by atoms with Gasteiger partial charge in [0.25, 0.3) is 0 Å². The van der Waals surface area contributed by atoms with E-state index in [1.165, 1.54) is 5.56 Å². The molecule has 1 unspecified atom stereocenters. The van der Waals surface area contributed by atoms with Crippen molar-refractivity contribution < 1.29 is 9.78 Å². The molecule has 0 aromatic heterocycles. The van der Waals surface area contributed by atoms with Crippen molar-refractivity contribution in [3.05, 3.63) is 35.9 Å². The van der Waals surface area contributed by atoms with E-state index in [1.54, 1.807) is 0 Å². The van der Waals surface area contributed by atoms with Gasteiger partial charge in [-0.3, -0.25) is 0 Å². The molecule has 0 saturated carbocycles. The first-order valence-electron chi connectivity index (χ1n) is 4.27. The topological polar surface area (TPSA) is 18.5 Å². The van der Waals surface area contributed by atoms with Crippen LogP contribution >= 0.6 is 0 Å². The maximum atomic E-state index is 4.85. The van der Waals surface area contributed by atoms with E-state index in [9.17, 15) is 0 Å². The molecule has 1 fully saturated rings. The molecule has 0 amide bonds. The van der Waals surface area contributed by atoms with Gasteiger partial charge >= 0.3 is 0 Å². The van der Waals surface area contributed by atoms with Gasteiger partial charge in [-0.05, 0) is 18.4 Å². The fourth-order valence-electron chi connectivity index (χ4n) is 1.27. The lowest BCUT2D eigenvalue weighted by Crippen LogP contribution is -2.31. The molecule has 1 aromatic carbocycles. The van der Waals surface area contributed by atoms with Crippen LogP contribution < -0.4 is 0 Å². The Kier molecular flexibility index (Phi) is 2.39.